The topological polar surface area (TPSA) is 46.3 Å². The van der Waals surface area contributed by atoms with Crippen LogP contribution in [0.4, 0.5) is 0 Å². The minimum absolute atomic E-state index is 0.0689. The molecule has 2 aliphatic rings. The smallest absolute Gasteiger partial charge is 0.248 e. The van der Waals surface area contributed by atoms with Crippen LogP contribution >= 0.6 is 15.9 Å². The van der Waals surface area contributed by atoms with Gasteiger partial charge in [0.1, 0.15) is 5.75 Å². The average molecular weight is 457 g/mol. The molecule has 0 saturated carbocycles. The largest absolute Gasteiger partial charge is 0.497 e. The molecule has 0 aliphatic carbocycles. The second-order valence-corrected chi connectivity index (χ2v) is 8.66. The second-order valence-electron chi connectivity index (χ2n) is 7.74. The minimum Gasteiger partial charge on any atom is -0.497 e. The summed E-state index contributed by atoms with van der Waals surface area (Å²) in [4.78, 5) is 14.7. The normalized spacial score (nSPS) is 19.4. The molecule has 1 N–H and O–H groups in total. The van der Waals surface area contributed by atoms with Gasteiger partial charge < -0.3 is 9.64 Å². The van der Waals surface area contributed by atoms with Crippen LogP contribution in [0, 0.1) is 0 Å². The Labute approximate surface area is 180 Å². The number of rotatable bonds is 6. The Morgan fingerprint density at radius 2 is 1.83 bits per heavy atom. The number of quaternary nitrogens is 1. The molecule has 1 atom stereocenters. The Balaban J connectivity index is 1.55. The second kappa shape index (κ2) is 9.09. The highest BCUT2D eigenvalue weighted by Gasteiger charge is 2.33. The van der Waals surface area contributed by atoms with Crippen molar-refractivity contribution < 1.29 is 14.4 Å². The molecular formula is C23H27BrN3O2+. The van der Waals surface area contributed by atoms with E-state index >= 15 is 0 Å². The first-order valence-corrected chi connectivity index (χ1v) is 11.1. The van der Waals surface area contributed by atoms with E-state index in [1.54, 1.807) is 12.1 Å². The highest BCUT2D eigenvalue weighted by atomic mass is 79.9. The zero-order valence-electron chi connectivity index (χ0n) is 16.7. The van der Waals surface area contributed by atoms with Gasteiger partial charge in [-0.2, -0.15) is 5.10 Å². The van der Waals surface area contributed by atoms with Gasteiger partial charge in [-0.1, -0.05) is 40.2 Å². The molecule has 2 aromatic carbocycles. The van der Waals surface area contributed by atoms with Gasteiger partial charge in [0.15, 0.2) is 0 Å². The van der Waals surface area contributed by atoms with Gasteiger partial charge in [0.2, 0.25) is 5.91 Å². The molecule has 0 bridgehead atoms. The number of halogens is 1. The Bertz CT molecular complexity index is 874. The van der Waals surface area contributed by atoms with Crippen molar-refractivity contribution in [3.05, 3.63) is 64.1 Å². The minimum atomic E-state index is -0.0689. The van der Waals surface area contributed by atoms with E-state index in [0.717, 1.165) is 40.0 Å². The summed E-state index contributed by atoms with van der Waals surface area (Å²) in [7, 11) is 1.66. The molecule has 29 heavy (non-hydrogen) atoms. The summed E-state index contributed by atoms with van der Waals surface area (Å²) < 4.78 is 6.32. The maximum atomic E-state index is 13.1. The maximum absolute atomic E-state index is 13.1. The van der Waals surface area contributed by atoms with E-state index < -0.39 is 0 Å². The third-order valence-electron chi connectivity index (χ3n) is 5.85. The van der Waals surface area contributed by atoms with E-state index in [1.165, 1.54) is 30.8 Å². The summed E-state index contributed by atoms with van der Waals surface area (Å²) >= 11 is 3.49. The lowest BCUT2D eigenvalue weighted by molar-refractivity contribution is -0.886. The molecule has 1 saturated heterocycles. The number of likely N-dealkylation sites (tertiary alicyclic amines) is 1. The number of ether oxygens (including phenoxy) is 1. The van der Waals surface area contributed by atoms with Gasteiger partial charge >= 0.3 is 0 Å². The molecule has 0 spiro atoms. The Hall–Kier alpha value is -2.18. The number of hydrogen-bond acceptors (Lipinski definition) is 3. The van der Waals surface area contributed by atoms with E-state index in [9.17, 15) is 4.79 Å². The number of benzene rings is 2. The van der Waals surface area contributed by atoms with Crippen LogP contribution in [0.1, 0.15) is 42.9 Å². The maximum Gasteiger partial charge on any atom is 0.248 e. The number of hydrazone groups is 1. The lowest BCUT2D eigenvalue weighted by Gasteiger charge is -2.23. The molecule has 1 amide bonds. The Kier molecular flexibility index (Phi) is 6.31. The first kappa shape index (κ1) is 20.1. The molecule has 152 valence electrons. The van der Waals surface area contributed by atoms with Crippen LogP contribution in [0.2, 0.25) is 0 Å². The number of carbonyl (C=O) groups excluding carboxylic acids is 1. The molecule has 0 radical (unpaired) electrons. The van der Waals surface area contributed by atoms with Crippen LogP contribution in [-0.2, 0) is 4.79 Å². The number of nitrogens with zero attached hydrogens (tertiary/aromatic N) is 2. The molecule has 6 heteroatoms. The first-order chi connectivity index (χ1) is 14.1. The standard InChI is InChI=1S/C23H26BrN3O2/c1-29-20-10-6-18(7-11-20)22-16-21(17-4-8-19(24)9-5-17)25-27(22)23(28)12-15-26-13-2-3-14-26/h4-11,22H,2-3,12-16H2,1H3/p+1/t22-/m1/s1. The van der Waals surface area contributed by atoms with E-state index in [0.29, 0.717) is 6.42 Å². The quantitative estimate of drug-likeness (QED) is 0.725. The molecular weight excluding hydrogens is 430 g/mol. The summed E-state index contributed by atoms with van der Waals surface area (Å²) in [5.74, 6) is 0.925. The van der Waals surface area contributed by atoms with Gasteiger partial charge in [-0.3, -0.25) is 4.79 Å². The van der Waals surface area contributed by atoms with Crippen molar-refractivity contribution in [3.8, 4) is 5.75 Å². The van der Waals surface area contributed by atoms with E-state index in [2.05, 4.69) is 28.1 Å². The molecule has 0 unspecified atom stereocenters. The predicted molar refractivity (Wildman–Crippen MR) is 117 cm³/mol. The average Bonchev–Trinajstić information content (AvgIpc) is 3.43. The molecule has 5 nitrogen and oxygen atoms in total. The van der Waals surface area contributed by atoms with Gasteiger partial charge in [-0.25, -0.2) is 5.01 Å². The number of hydrogen-bond donors (Lipinski definition) is 1. The van der Waals surface area contributed by atoms with Gasteiger partial charge in [0.05, 0.1) is 44.9 Å². The van der Waals surface area contributed by atoms with E-state index in [4.69, 9.17) is 9.84 Å². The van der Waals surface area contributed by atoms with Gasteiger partial charge in [-0.05, 0) is 35.4 Å². The molecule has 2 aromatic rings. The lowest BCUT2D eigenvalue weighted by atomic mass is 9.98. The highest BCUT2D eigenvalue weighted by molar-refractivity contribution is 9.10. The zero-order valence-corrected chi connectivity index (χ0v) is 18.3. The van der Waals surface area contributed by atoms with E-state index in [1.807, 2.05) is 36.4 Å². The molecule has 0 aromatic heterocycles. The lowest BCUT2D eigenvalue weighted by Crippen LogP contribution is -3.10. The summed E-state index contributed by atoms with van der Waals surface area (Å²) in [6.07, 6.45) is 3.80. The molecule has 2 aliphatic heterocycles. The fraction of sp³-hybridized carbons (Fsp3) is 0.391. The van der Waals surface area contributed by atoms with Crippen LogP contribution in [0.25, 0.3) is 0 Å². The van der Waals surface area contributed by atoms with Gasteiger partial charge in [0.25, 0.3) is 0 Å². The van der Waals surface area contributed by atoms with Crippen molar-refractivity contribution in [1.82, 2.24) is 5.01 Å². The Morgan fingerprint density at radius 1 is 1.14 bits per heavy atom. The number of methoxy groups -OCH3 is 1. The molecule has 2 heterocycles. The summed E-state index contributed by atoms with van der Waals surface area (Å²) in [6, 6.07) is 16.0. The SMILES string of the molecule is COc1ccc([C@H]2CC(c3ccc(Br)cc3)=NN2C(=O)CC[NH+]2CCCC2)cc1. The van der Waals surface area contributed by atoms with Gasteiger partial charge in [-0.15, -0.1) is 0 Å². The predicted octanol–water partition coefficient (Wildman–Crippen LogP) is 3.20. The molecule has 4 rings (SSSR count). The zero-order chi connectivity index (χ0) is 20.2. The monoisotopic (exact) mass is 456 g/mol. The van der Waals surface area contributed by atoms with Crippen LogP contribution in [0.3, 0.4) is 0 Å². The number of nitrogens with one attached hydrogen (secondary N) is 1. The number of carbonyl (C=O) groups is 1. The van der Waals surface area contributed by atoms with Crippen LogP contribution < -0.4 is 9.64 Å². The summed E-state index contributed by atoms with van der Waals surface area (Å²) in [5, 5.41) is 6.50. The van der Waals surface area contributed by atoms with Crippen molar-refractivity contribution in [2.45, 2.75) is 31.7 Å². The van der Waals surface area contributed by atoms with Crippen molar-refractivity contribution in [3.63, 3.8) is 0 Å². The molecule has 1 fully saturated rings. The third-order valence-corrected chi connectivity index (χ3v) is 6.38. The van der Waals surface area contributed by atoms with Gasteiger partial charge in [0, 0.05) is 23.7 Å². The van der Waals surface area contributed by atoms with Crippen molar-refractivity contribution in [1.29, 1.82) is 0 Å². The fourth-order valence-electron chi connectivity index (χ4n) is 4.17. The van der Waals surface area contributed by atoms with Crippen LogP contribution in [0.15, 0.2) is 58.1 Å². The fourth-order valence-corrected chi connectivity index (χ4v) is 4.43. The van der Waals surface area contributed by atoms with Crippen molar-refractivity contribution in [2.24, 2.45) is 5.10 Å². The number of amides is 1. The highest BCUT2D eigenvalue weighted by Crippen LogP contribution is 2.34. The van der Waals surface area contributed by atoms with Crippen molar-refractivity contribution >= 4 is 27.5 Å². The summed E-state index contributed by atoms with van der Waals surface area (Å²) in [5.41, 5.74) is 3.11. The third kappa shape index (κ3) is 4.70. The van der Waals surface area contributed by atoms with E-state index in [-0.39, 0.29) is 11.9 Å². The van der Waals surface area contributed by atoms with Crippen molar-refractivity contribution in [2.75, 3.05) is 26.7 Å². The Morgan fingerprint density at radius 3 is 2.48 bits per heavy atom. The first-order valence-electron chi connectivity index (χ1n) is 10.3. The van der Waals surface area contributed by atoms with Crippen LogP contribution in [-0.4, -0.2) is 43.4 Å². The van der Waals surface area contributed by atoms with Crippen LogP contribution in [0.5, 0.6) is 5.75 Å². The summed E-state index contributed by atoms with van der Waals surface area (Å²) in [6.45, 7) is 3.26.